The molecule has 1 aromatic heterocycles. The Hall–Kier alpha value is -1.82. The minimum atomic E-state index is -0.684. The van der Waals surface area contributed by atoms with Crippen molar-refractivity contribution in [3.63, 3.8) is 0 Å². The molecule has 4 nitrogen and oxygen atoms in total. The standard InChI is InChI=1S/C13H15F2N3O/c1-2-3-4-11(16)13-17-12(18-19-13)8-5-9(14)7-10(15)6-8/h5-7,11H,2-4,16H2,1H3. The molecule has 0 spiro atoms. The third-order valence-corrected chi connectivity index (χ3v) is 2.75. The maximum Gasteiger partial charge on any atom is 0.243 e. The van der Waals surface area contributed by atoms with E-state index in [4.69, 9.17) is 10.3 Å². The van der Waals surface area contributed by atoms with Crippen LogP contribution in [-0.2, 0) is 0 Å². The van der Waals surface area contributed by atoms with E-state index in [1.54, 1.807) is 0 Å². The molecule has 0 saturated heterocycles. The second-order valence-corrected chi connectivity index (χ2v) is 4.36. The van der Waals surface area contributed by atoms with E-state index in [1.165, 1.54) is 0 Å². The van der Waals surface area contributed by atoms with E-state index in [2.05, 4.69) is 17.1 Å². The molecule has 0 aliphatic rings. The van der Waals surface area contributed by atoms with Crippen LogP contribution in [0.5, 0.6) is 0 Å². The van der Waals surface area contributed by atoms with E-state index in [0.29, 0.717) is 0 Å². The molecule has 0 amide bonds. The molecule has 1 unspecified atom stereocenters. The van der Waals surface area contributed by atoms with Crippen molar-refractivity contribution in [3.8, 4) is 11.4 Å². The lowest BCUT2D eigenvalue weighted by Crippen LogP contribution is -2.10. The third-order valence-electron chi connectivity index (χ3n) is 2.75. The van der Waals surface area contributed by atoms with Crippen LogP contribution < -0.4 is 5.73 Å². The Morgan fingerprint density at radius 2 is 1.95 bits per heavy atom. The van der Waals surface area contributed by atoms with Crippen molar-refractivity contribution in [3.05, 3.63) is 35.7 Å². The summed E-state index contributed by atoms with van der Waals surface area (Å²) in [6.45, 7) is 2.06. The predicted octanol–water partition coefficient (Wildman–Crippen LogP) is 3.20. The van der Waals surface area contributed by atoms with Gasteiger partial charge >= 0.3 is 0 Å². The van der Waals surface area contributed by atoms with Gasteiger partial charge in [0.15, 0.2) is 0 Å². The highest BCUT2D eigenvalue weighted by atomic mass is 19.1. The Bertz CT molecular complexity index is 536. The molecule has 102 valence electrons. The Morgan fingerprint density at radius 3 is 2.58 bits per heavy atom. The first-order valence-corrected chi connectivity index (χ1v) is 6.15. The fraction of sp³-hybridized carbons (Fsp3) is 0.385. The zero-order valence-corrected chi connectivity index (χ0v) is 10.6. The molecule has 2 N–H and O–H groups in total. The lowest BCUT2D eigenvalue weighted by molar-refractivity contribution is 0.346. The lowest BCUT2D eigenvalue weighted by atomic mass is 10.1. The van der Waals surface area contributed by atoms with E-state index in [1.807, 2.05) is 0 Å². The van der Waals surface area contributed by atoms with Crippen LogP contribution in [0.1, 0.15) is 38.1 Å². The average Bonchev–Trinajstić information content (AvgIpc) is 2.84. The first-order valence-electron chi connectivity index (χ1n) is 6.15. The summed E-state index contributed by atoms with van der Waals surface area (Å²) >= 11 is 0. The molecule has 2 rings (SSSR count). The molecule has 19 heavy (non-hydrogen) atoms. The minimum absolute atomic E-state index is 0.139. The third kappa shape index (κ3) is 3.35. The summed E-state index contributed by atoms with van der Waals surface area (Å²) in [6, 6.07) is 2.74. The molecule has 0 aliphatic heterocycles. The molecular formula is C13H15F2N3O. The Morgan fingerprint density at radius 1 is 1.26 bits per heavy atom. The SMILES string of the molecule is CCCCC(N)c1nc(-c2cc(F)cc(F)c2)no1. The van der Waals surface area contributed by atoms with Crippen molar-refractivity contribution in [2.45, 2.75) is 32.2 Å². The van der Waals surface area contributed by atoms with E-state index < -0.39 is 11.6 Å². The van der Waals surface area contributed by atoms with Gasteiger partial charge in [-0.2, -0.15) is 4.98 Å². The summed E-state index contributed by atoms with van der Waals surface area (Å²) in [4.78, 5) is 4.08. The summed E-state index contributed by atoms with van der Waals surface area (Å²) < 4.78 is 31.2. The zero-order chi connectivity index (χ0) is 13.8. The molecule has 0 saturated carbocycles. The smallest absolute Gasteiger partial charge is 0.243 e. The van der Waals surface area contributed by atoms with Gasteiger partial charge in [-0.15, -0.1) is 0 Å². The van der Waals surface area contributed by atoms with Crippen LogP contribution in [0.4, 0.5) is 8.78 Å². The molecule has 0 fully saturated rings. The highest BCUT2D eigenvalue weighted by molar-refractivity contribution is 5.54. The van der Waals surface area contributed by atoms with E-state index >= 15 is 0 Å². The first kappa shape index (κ1) is 13.6. The fourth-order valence-electron chi connectivity index (χ4n) is 1.73. The molecule has 0 radical (unpaired) electrons. The topological polar surface area (TPSA) is 64.9 Å². The Balaban J connectivity index is 2.20. The molecule has 6 heteroatoms. The highest BCUT2D eigenvalue weighted by Crippen LogP contribution is 2.21. The van der Waals surface area contributed by atoms with E-state index in [-0.39, 0.29) is 23.3 Å². The molecule has 1 aromatic carbocycles. The number of aromatic nitrogens is 2. The van der Waals surface area contributed by atoms with Gasteiger partial charge in [0.25, 0.3) is 0 Å². The van der Waals surface area contributed by atoms with Gasteiger partial charge in [0.2, 0.25) is 11.7 Å². The summed E-state index contributed by atoms with van der Waals surface area (Å²) in [5, 5.41) is 3.70. The second kappa shape index (κ2) is 5.88. The molecular weight excluding hydrogens is 252 g/mol. The molecule has 1 heterocycles. The number of rotatable bonds is 5. The van der Waals surface area contributed by atoms with Crippen LogP contribution in [0.3, 0.4) is 0 Å². The van der Waals surface area contributed by atoms with Crippen LogP contribution in [-0.4, -0.2) is 10.1 Å². The van der Waals surface area contributed by atoms with Gasteiger partial charge in [-0.05, 0) is 18.6 Å². The van der Waals surface area contributed by atoms with Crippen molar-refractivity contribution >= 4 is 0 Å². The van der Waals surface area contributed by atoms with Gasteiger partial charge in [0.05, 0.1) is 6.04 Å². The number of hydrogen-bond acceptors (Lipinski definition) is 4. The second-order valence-electron chi connectivity index (χ2n) is 4.36. The molecule has 2 aromatic rings. The summed E-state index contributed by atoms with van der Waals surface area (Å²) in [5.74, 6) is -0.943. The van der Waals surface area contributed by atoms with Crippen LogP contribution >= 0.6 is 0 Å². The quantitative estimate of drug-likeness (QED) is 0.903. The Labute approximate surface area is 109 Å². The van der Waals surface area contributed by atoms with Crippen LogP contribution in [0.15, 0.2) is 22.7 Å². The minimum Gasteiger partial charge on any atom is -0.337 e. The molecule has 0 bridgehead atoms. The number of nitrogens with two attached hydrogens (primary N) is 1. The van der Waals surface area contributed by atoms with Gasteiger partial charge < -0.3 is 10.3 Å². The maximum atomic E-state index is 13.1. The largest absolute Gasteiger partial charge is 0.337 e. The van der Waals surface area contributed by atoms with Gasteiger partial charge in [0.1, 0.15) is 11.6 Å². The number of nitrogens with zero attached hydrogens (tertiary/aromatic N) is 2. The van der Waals surface area contributed by atoms with Crippen LogP contribution in [0.2, 0.25) is 0 Å². The van der Waals surface area contributed by atoms with E-state index in [0.717, 1.165) is 37.5 Å². The monoisotopic (exact) mass is 267 g/mol. The summed E-state index contributed by atoms with van der Waals surface area (Å²) in [6.07, 6.45) is 2.70. The predicted molar refractivity (Wildman–Crippen MR) is 66.1 cm³/mol. The van der Waals surface area contributed by atoms with Crippen molar-refractivity contribution in [1.29, 1.82) is 0 Å². The maximum absolute atomic E-state index is 13.1. The number of benzene rings is 1. The van der Waals surface area contributed by atoms with Crippen molar-refractivity contribution in [2.75, 3.05) is 0 Å². The average molecular weight is 267 g/mol. The number of hydrogen-bond donors (Lipinski definition) is 1. The van der Waals surface area contributed by atoms with Crippen LogP contribution in [0.25, 0.3) is 11.4 Å². The van der Waals surface area contributed by atoms with Gasteiger partial charge in [-0.25, -0.2) is 8.78 Å². The van der Waals surface area contributed by atoms with Gasteiger partial charge in [-0.3, -0.25) is 0 Å². The first-order chi connectivity index (χ1) is 9.10. The van der Waals surface area contributed by atoms with Crippen LogP contribution in [0, 0.1) is 11.6 Å². The molecule has 0 aliphatic carbocycles. The van der Waals surface area contributed by atoms with Crippen molar-refractivity contribution in [1.82, 2.24) is 10.1 Å². The fourth-order valence-corrected chi connectivity index (χ4v) is 1.73. The number of halogens is 2. The summed E-state index contributed by atoms with van der Waals surface area (Å²) in [5.41, 5.74) is 6.12. The normalized spacial score (nSPS) is 12.6. The molecule has 1 atom stereocenters. The highest BCUT2D eigenvalue weighted by Gasteiger charge is 2.16. The van der Waals surface area contributed by atoms with Gasteiger partial charge in [0, 0.05) is 11.6 Å². The van der Waals surface area contributed by atoms with Crippen molar-refractivity contribution in [2.24, 2.45) is 5.73 Å². The van der Waals surface area contributed by atoms with Gasteiger partial charge in [-0.1, -0.05) is 24.9 Å². The Kier molecular flexibility index (Phi) is 4.21. The lowest BCUT2D eigenvalue weighted by Gasteiger charge is -2.03. The zero-order valence-electron chi connectivity index (χ0n) is 10.6. The summed E-state index contributed by atoms with van der Waals surface area (Å²) in [7, 11) is 0. The van der Waals surface area contributed by atoms with Crippen molar-refractivity contribution < 1.29 is 13.3 Å². The number of unbranched alkanes of at least 4 members (excludes halogenated alkanes) is 1. The van der Waals surface area contributed by atoms with E-state index in [9.17, 15) is 8.78 Å².